The largest absolute Gasteiger partial charge is 0.383 e. The van der Waals surface area contributed by atoms with Crippen LogP contribution < -0.4 is 5.73 Å². The zero-order chi connectivity index (χ0) is 17.0. The molecule has 2 N–H and O–H groups in total. The molecule has 120 valence electrons. The summed E-state index contributed by atoms with van der Waals surface area (Å²) >= 11 is 3.58. The van der Waals surface area contributed by atoms with E-state index >= 15 is 0 Å². The van der Waals surface area contributed by atoms with Crippen molar-refractivity contribution in [3.05, 3.63) is 57.8 Å². The van der Waals surface area contributed by atoms with Crippen LogP contribution in [0.3, 0.4) is 0 Å². The zero-order valence-corrected chi connectivity index (χ0v) is 15.3. The molecule has 0 spiro atoms. The number of nitrogens with zero attached hydrogens (tertiary/aromatic N) is 3. The maximum absolute atomic E-state index is 6.24. The lowest BCUT2D eigenvalue weighted by Crippen LogP contribution is -2.03. The van der Waals surface area contributed by atoms with Gasteiger partial charge in [-0.1, -0.05) is 34.1 Å². The van der Waals surface area contributed by atoms with Gasteiger partial charge in [-0.05, 0) is 50.1 Å². The number of benzene rings is 2. The number of nitrogens with two attached hydrogens (primary N) is 1. The molecule has 2 aromatic heterocycles. The molecule has 2 heterocycles. The second-order valence-corrected chi connectivity index (χ2v) is 7.01. The Hall–Kier alpha value is -2.40. The van der Waals surface area contributed by atoms with Crippen LogP contribution in [0.5, 0.6) is 0 Å². The topological polar surface area (TPSA) is 56.7 Å². The maximum atomic E-state index is 6.24. The number of hydrogen-bond acceptors (Lipinski definition) is 3. The van der Waals surface area contributed by atoms with Crippen LogP contribution in [0.15, 0.2) is 40.9 Å². The fraction of sp³-hybridized carbons (Fsp3) is 0.158. The van der Waals surface area contributed by atoms with Crippen LogP contribution >= 0.6 is 15.9 Å². The van der Waals surface area contributed by atoms with E-state index in [0.717, 1.165) is 32.1 Å². The van der Waals surface area contributed by atoms with Crippen molar-refractivity contribution >= 4 is 43.7 Å². The average Bonchev–Trinajstić information content (AvgIpc) is 2.81. The third-order valence-corrected chi connectivity index (χ3v) is 4.79. The first-order valence-electron chi connectivity index (χ1n) is 7.77. The molecule has 4 aromatic rings. The molecule has 0 fully saturated rings. The van der Waals surface area contributed by atoms with E-state index in [-0.39, 0.29) is 0 Å². The molecule has 0 aliphatic carbocycles. The van der Waals surface area contributed by atoms with Gasteiger partial charge in [-0.2, -0.15) is 0 Å². The SMILES string of the molecule is Cc1nc(N)c2c3ccccc3n(-c3c(C)cc(Br)cc3C)c2n1. The first kappa shape index (κ1) is 15.1. The monoisotopic (exact) mass is 380 g/mol. The van der Waals surface area contributed by atoms with Crippen LogP contribution in [-0.2, 0) is 0 Å². The van der Waals surface area contributed by atoms with Gasteiger partial charge in [0.15, 0.2) is 5.65 Å². The van der Waals surface area contributed by atoms with Gasteiger partial charge in [0.05, 0.1) is 16.6 Å². The zero-order valence-electron chi connectivity index (χ0n) is 13.8. The Kier molecular flexibility index (Phi) is 3.35. The minimum Gasteiger partial charge on any atom is -0.383 e. The lowest BCUT2D eigenvalue weighted by molar-refractivity contribution is 1.03. The fourth-order valence-corrected chi connectivity index (χ4v) is 4.16. The Bertz CT molecular complexity index is 1090. The number of anilines is 1. The van der Waals surface area contributed by atoms with Gasteiger partial charge in [0.25, 0.3) is 0 Å². The summed E-state index contributed by atoms with van der Waals surface area (Å²) in [4.78, 5) is 9.08. The Morgan fingerprint density at radius 2 is 1.67 bits per heavy atom. The minimum atomic E-state index is 0.528. The first-order valence-corrected chi connectivity index (χ1v) is 8.57. The number of nitrogen functional groups attached to an aromatic ring is 1. The normalized spacial score (nSPS) is 11.5. The lowest BCUT2D eigenvalue weighted by Gasteiger charge is -2.14. The highest BCUT2D eigenvalue weighted by atomic mass is 79.9. The summed E-state index contributed by atoms with van der Waals surface area (Å²) in [5.41, 5.74) is 11.7. The van der Waals surface area contributed by atoms with Crippen LogP contribution in [0.4, 0.5) is 5.82 Å². The minimum absolute atomic E-state index is 0.528. The molecule has 0 atom stereocenters. The van der Waals surface area contributed by atoms with Gasteiger partial charge >= 0.3 is 0 Å². The molecule has 0 bridgehead atoms. The Morgan fingerprint density at radius 3 is 2.38 bits per heavy atom. The second-order valence-electron chi connectivity index (χ2n) is 6.10. The van der Waals surface area contributed by atoms with Crippen LogP contribution in [0.2, 0.25) is 0 Å². The van der Waals surface area contributed by atoms with Crippen LogP contribution in [0, 0.1) is 20.8 Å². The number of hydrogen-bond donors (Lipinski definition) is 1. The highest BCUT2D eigenvalue weighted by molar-refractivity contribution is 9.10. The predicted molar refractivity (Wildman–Crippen MR) is 103 cm³/mol. The molecule has 0 amide bonds. The summed E-state index contributed by atoms with van der Waals surface area (Å²) in [7, 11) is 0. The van der Waals surface area contributed by atoms with Gasteiger partial charge in [0.1, 0.15) is 11.6 Å². The molecule has 0 aliphatic heterocycles. The molecule has 5 heteroatoms. The first-order chi connectivity index (χ1) is 11.5. The Morgan fingerprint density at radius 1 is 1.00 bits per heavy atom. The molecular formula is C19H17BrN4. The van der Waals surface area contributed by atoms with Gasteiger partial charge in [-0.15, -0.1) is 0 Å². The van der Waals surface area contributed by atoms with Crippen LogP contribution in [-0.4, -0.2) is 14.5 Å². The molecule has 0 aliphatic rings. The Labute approximate surface area is 148 Å². The van der Waals surface area contributed by atoms with Crippen molar-refractivity contribution in [2.75, 3.05) is 5.73 Å². The standard InChI is InChI=1S/C19H17BrN4/c1-10-8-13(20)9-11(2)17(10)24-15-7-5-4-6-14(15)16-18(21)22-12(3)23-19(16)24/h4-9H,1-3H3,(H2,21,22,23). The van der Waals surface area contributed by atoms with E-state index in [4.69, 9.17) is 10.7 Å². The van der Waals surface area contributed by atoms with Crippen molar-refractivity contribution in [1.82, 2.24) is 14.5 Å². The summed E-state index contributed by atoms with van der Waals surface area (Å²) in [6.45, 7) is 6.11. The van der Waals surface area contributed by atoms with E-state index in [0.29, 0.717) is 11.6 Å². The summed E-state index contributed by atoms with van der Waals surface area (Å²) in [6, 6.07) is 12.5. The number of aryl methyl sites for hydroxylation is 3. The third-order valence-electron chi connectivity index (χ3n) is 4.34. The molecule has 4 rings (SSSR count). The molecule has 4 nitrogen and oxygen atoms in total. The number of rotatable bonds is 1. The van der Waals surface area contributed by atoms with E-state index < -0.39 is 0 Å². The number of para-hydroxylation sites is 1. The van der Waals surface area contributed by atoms with Crippen molar-refractivity contribution in [2.45, 2.75) is 20.8 Å². The Balaban J connectivity index is 2.27. The number of aromatic nitrogens is 3. The smallest absolute Gasteiger partial charge is 0.151 e. The molecule has 0 saturated heterocycles. The molecule has 0 radical (unpaired) electrons. The van der Waals surface area contributed by atoms with E-state index in [1.807, 2.05) is 19.1 Å². The molecule has 0 saturated carbocycles. The van der Waals surface area contributed by atoms with E-state index in [2.05, 4.69) is 63.6 Å². The maximum Gasteiger partial charge on any atom is 0.151 e. The molecular weight excluding hydrogens is 364 g/mol. The van der Waals surface area contributed by atoms with Gasteiger partial charge in [0.2, 0.25) is 0 Å². The quantitative estimate of drug-likeness (QED) is 0.513. The fourth-order valence-electron chi connectivity index (χ4n) is 3.48. The second kappa shape index (κ2) is 5.31. The number of halogens is 1. The molecule has 0 unspecified atom stereocenters. The summed E-state index contributed by atoms with van der Waals surface area (Å²) in [6.07, 6.45) is 0. The van der Waals surface area contributed by atoms with Gasteiger partial charge in [-0.25, -0.2) is 9.97 Å². The van der Waals surface area contributed by atoms with E-state index in [1.165, 1.54) is 11.1 Å². The van der Waals surface area contributed by atoms with E-state index in [9.17, 15) is 0 Å². The van der Waals surface area contributed by atoms with Crippen LogP contribution in [0.1, 0.15) is 17.0 Å². The summed E-state index contributed by atoms with van der Waals surface area (Å²) in [5.74, 6) is 1.20. The van der Waals surface area contributed by atoms with Crippen molar-refractivity contribution in [2.24, 2.45) is 0 Å². The van der Waals surface area contributed by atoms with Crippen LogP contribution in [0.25, 0.3) is 27.6 Å². The lowest BCUT2D eigenvalue weighted by atomic mass is 10.1. The average molecular weight is 381 g/mol. The molecule has 2 aromatic carbocycles. The predicted octanol–water partition coefficient (Wildman–Crippen LogP) is 4.84. The van der Waals surface area contributed by atoms with Gasteiger partial charge in [-0.3, -0.25) is 4.57 Å². The summed E-state index contributed by atoms with van der Waals surface area (Å²) in [5, 5.41) is 1.99. The van der Waals surface area contributed by atoms with Crippen molar-refractivity contribution < 1.29 is 0 Å². The van der Waals surface area contributed by atoms with Crippen molar-refractivity contribution in [3.63, 3.8) is 0 Å². The third kappa shape index (κ3) is 2.12. The molecule has 24 heavy (non-hydrogen) atoms. The van der Waals surface area contributed by atoms with Gasteiger partial charge in [0, 0.05) is 9.86 Å². The highest BCUT2D eigenvalue weighted by Gasteiger charge is 2.19. The summed E-state index contributed by atoms with van der Waals surface area (Å²) < 4.78 is 3.28. The number of fused-ring (bicyclic) bond motifs is 3. The van der Waals surface area contributed by atoms with Crippen molar-refractivity contribution in [3.8, 4) is 5.69 Å². The van der Waals surface area contributed by atoms with Gasteiger partial charge < -0.3 is 5.73 Å². The van der Waals surface area contributed by atoms with E-state index in [1.54, 1.807) is 0 Å². The highest BCUT2D eigenvalue weighted by Crippen LogP contribution is 2.36. The van der Waals surface area contributed by atoms with Crippen molar-refractivity contribution in [1.29, 1.82) is 0 Å².